The van der Waals surface area contributed by atoms with Gasteiger partial charge < -0.3 is 9.80 Å². The Bertz CT molecular complexity index is 595. The van der Waals surface area contributed by atoms with E-state index in [0.717, 1.165) is 25.7 Å². The zero-order valence-corrected chi connectivity index (χ0v) is 23.1. The molecule has 0 radical (unpaired) electrons. The summed E-state index contributed by atoms with van der Waals surface area (Å²) >= 11 is 0. The highest BCUT2D eigenvalue weighted by Gasteiger charge is 2.41. The summed E-state index contributed by atoms with van der Waals surface area (Å²) in [5, 5.41) is 0. The minimum absolute atomic E-state index is 0.163. The molecular weight excluding hydrogens is 444 g/mol. The summed E-state index contributed by atoms with van der Waals surface area (Å²) in [7, 11) is 0. The maximum atomic E-state index is 14.0. The van der Waals surface area contributed by atoms with E-state index in [4.69, 9.17) is 0 Å². The van der Waals surface area contributed by atoms with Crippen molar-refractivity contribution in [2.24, 2.45) is 11.8 Å². The minimum atomic E-state index is 0.163. The van der Waals surface area contributed by atoms with E-state index in [-0.39, 0.29) is 11.8 Å². The maximum Gasteiger partial charge on any atom is 0.226 e. The maximum absolute atomic E-state index is 14.0. The second-order valence-corrected chi connectivity index (χ2v) is 13.2. The lowest BCUT2D eigenvalue weighted by atomic mass is 9.78. The summed E-state index contributed by atoms with van der Waals surface area (Å²) in [5.74, 6) is 1.26. The summed E-state index contributed by atoms with van der Waals surface area (Å²) in [4.78, 5) is 32.9. The van der Waals surface area contributed by atoms with Gasteiger partial charge in [0.1, 0.15) is 0 Å². The highest BCUT2D eigenvalue weighted by Crippen LogP contribution is 2.38. The molecule has 4 heteroatoms. The van der Waals surface area contributed by atoms with Crippen LogP contribution in [0.15, 0.2) is 0 Å². The normalized spacial score (nSPS) is 30.1. The van der Waals surface area contributed by atoms with Gasteiger partial charge >= 0.3 is 0 Å². The molecule has 0 atom stereocenters. The molecule has 5 aliphatic carbocycles. The summed E-state index contributed by atoms with van der Waals surface area (Å²) < 4.78 is 0. The molecule has 204 valence electrons. The molecular formula is C32H54N2O2. The van der Waals surface area contributed by atoms with Crippen molar-refractivity contribution in [2.75, 3.05) is 0 Å². The molecule has 0 N–H and O–H groups in total. The van der Waals surface area contributed by atoms with Crippen molar-refractivity contribution in [1.29, 1.82) is 0 Å². The van der Waals surface area contributed by atoms with Crippen LogP contribution in [0.4, 0.5) is 0 Å². The summed E-state index contributed by atoms with van der Waals surface area (Å²) in [6, 6.07) is 1.95. The third kappa shape index (κ3) is 6.32. The van der Waals surface area contributed by atoms with E-state index < -0.39 is 0 Å². The Morgan fingerprint density at radius 2 is 0.556 bits per heavy atom. The smallest absolute Gasteiger partial charge is 0.226 e. The standard InChI is InChI=1S/C32H54N2O2/c35-31(33(27-13-5-1-6-14-27)28-15-7-2-8-16-28)25-21-23-26(24-22-25)32(36)34(29-17-9-3-10-18-29)30-19-11-4-12-20-30/h25-30H,1-24H2. The molecule has 0 aromatic carbocycles. The quantitative estimate of drug-likeness (QED) is 0.375. The van der Waals surface area contributed by atoms with E-state index in [0.29, 0.717) is 36.0 Å². The van der Waals surface area contributed by atoms with E-state index in [2.05, 4.69) is 9.80 Å². The van der Waals surface area contributed by atoms with E-state index >= 15 is 0 Å². The number of nitrogens with zero attached hydrogens (tertiary/aromatic N) is 2. The van der Waals surface area contributed by atoms with Crippen LogP contribution in [0.1, 0.15) is 154 Å². The molecule has 0 unspecified atom stereocenters. The van der Waals surface area contributed by atoms with Gasteiger partial charge in [-0.05, 0) is 77.0 Å². The monoisotopic (exact) mass is 498 g/mol. The van der Waals surface area contributed by atoms with Crippen LogP contribution < -0.4 is 0 Å². The Morgan fingerprint density at radius 3 is 0.778 bits per heavy atom. The predicted molar refractivity (Wildman–Crippen MR) is 147 cm³/mol. The first-order valence-corrected chi connectivity index (χ1v) is 16.4. The zero-order valence-electron chi connectivity index (χ0n) is 23.1. The fourth-order valence-corrected chi connectivity index (χ4v) is 8.76. The van der Waals surface area contributed by atoms with Crippen LogP contribution in [-0.2, 0) is 9.59 Å². The molecule has 5 aliphatic rings. The van der Waals surface area contributed by atoms with Crippen molar-refractivity contribution < 1.29 is 9.59 Å². The average Bonchev–Trinajstić information content (AvgIpc) is 2.96. The Balaban J connectivity index is 1.22. The van der Waals surface area contributed by atoms with Gasteiger partial charge in [-0.1, -0.05) is 77.0 Å². The van der Waals surface area contributed by atoms with Crippen LogP contribution in [0.5, 0.6) is 0 Å². The van der Waals surface area contributed by atoms with E-state index in [1.165, 1.54) is 128 Å². The van der Waals surface area contributed by atoms with Gasteiger partial charge in [-0.25, -0.2) is 0 Å². The van der Waals surface area contributed by atoms with E-state index in [1.54, 1.807) is 0 Å². The molecule has 0 heterocycles. The van der Waals surface area contributed by atoms with Crippen LogP contribution >= 0.6 is 0 Å². The molecule has 0 spiro atoms. The molecule has 0 saturated heterocycles. The topological polar surface area (TPSA) is 40.6 Å². The van der Waals surface area contributed by atoms with E-state index in [9.17, 15) is 9.59 Å². The van der Waals surface area contributed by atoms with Gasteiger partial charge in [0, 0.05) is 36.0 Å². The van der Waals surface area contributed by atoms with Gasteiger partial charge in [0.05, 0.1) is 0 Å². The van der Waals surface area contributed by atoms with Crippen molar-refractivity contribution >= 4 is 11.8 Å². The lowest BCUT2D eigenvalue weighted by Gasteiger charge is -2.45. The van der Waals surface area contributed by atoms with Crippen molar-refractivity contribution in [2.45, 2.75) is 178 Å². The van der Waals surface area contributed by atoms with Crippen molar-refractivity contribution in [3.8, 4) is 0 Å². The highest BCUT2D eigenvalue weighted by atomic mass is 16.2. The third-order valence-corrected chi connectivity index (χ3v) is 10.8. The molecule has 0 aliphatic heterocycles. The molecule has 0 bridgehead atoms. The molecule has 0 aromatic rings. The number of rotatable bonds is 6. The largest absolute Gasteiger partial charge is 0.336 e. The van der Waals surface area contributed by atoms with Gasteiger partial charge in [0.25, 0.3) is 0 Å². The van der Waals surface area contributed by atoms with Crippen LogP contribution in [0.25, 0.3) is 0 Å². The number of amides is 2. The molecule has 2 amide bonds. The van der Waals surface area contributed by atoms with Gasteiger partial charge in [-0.3, -0.25) is 9.59 Å². The molecule has 5 rings (SSSR count). The fourth-order valence-electron chi connectivity index (χ4n) is 8.76. The second kappa shape index (κ2) is 13.1. The summed E-state index contributed by atoms with van der Waals surface area (Å²) in [5.41, 5.74) is 0. The summed E-state index contributed by atoms with van der Waals surface area (Å²) in [6.07, 6.45) is 29.2. The SMILES string of the molecule is O=C(C1CCC(C(=O)N(C2CCCCC2)C2CCCCC2)CC1)N(C1CCCCC1)C1CCCCC1. The third-order valence-electron chi connectivity index (χ3n) is 10.8. The van der Waals surface area contributed by atoms with Crippen molar-refractivity contribution in [1.82, 2.24) is 9.80 Å². The van der Waals surface area contributed by atoms with Crippen molar-refractivity contribution in [3.05, 3.63) is 0 Å². The molecule has 36 heavy (non-hydrogen) atoms. The van der Waals surface area contributed by atoms with Crippen LogP contribution in [0.2, 0.25) is 0 Å². The first-order chi connectivity index (χ1) is 17.7. The predicted octanol–water partition coefficient (Wildman–Crippen LogP) is 7.78. The number of hydrogen-bond donors (Lipinski definition) is 0. The van der Waals surface area contributed by atoms with Gasteiger partial charge in [0.15, 0.2) is 0 Å². The number of hydrogen-bond acceptors (Lipinski definition) is 2. The van der Waals surface area contributed by atoms with Crippen LogP contribution in [0, 0.1) is 11.8 Å². The highest BCUT2D eigenvalue weighted by molar-refractivity contribution is 5.82. The second-order valence-electron chi connectivity index (χ2n) is 13.2. The minimum Gasteiger partial charge on any atom is -0.336 e. The molecule has 0 aromatic heterocycles. The molecule has 5 saturated carbocycles. The van der Waals surface area contributed by atoms with Gasteiger partial charge in [-0.2, -0.15) is 0 Å². The summed E-state index contributed by atoms with van der Waals surface area (Å²) in [6.45, 7) is 0. The molecule has 5 fully saturated rings. The van der Waals surface area contributed by atoms with Gasteiger partial charge in [0.2, 0.25) is 11.8 Å². The first kappa shape index (κ1) is 26.5. The van der Waals surface area contributed by atoms with Crippen LogP contribution in [0.3, 0.4) is 0 Å². The number of carbonyl (C=O) groups excluding carboxylic acids is 2. The Morgan fingerprint density at radius 1 is 0.333 bits per heavy atom. The number of carbonyl (C=O) groups is 2. The Hall–Kier alpha value is -1.06. The zero-order chi connectivity index (χ0) is 24.7. The Labute approximate surface area is 221 Å². The first-order valence-electron chi connectivity index (χ1n) is 16.4. The van der Waals surface area contributed by atoms with E-state index in [1.807, 2.05) is 0 Å². The lowest BCUT2D eigenvalue weighted by Crippen LogP contribution is -2.53. The van der Waals surface area contributed by atoms with Gasteiger partial charge in [-0.15, -0.1) is 0 Å². The fraction of sp³-hybridized carbons (Fsp3) is 0.938. The van der Waals surface area contributed by atoms with Crippen LogP contribution in [-0.4, -0.2) is 45.8 Å². The van der Waals surface area contributed by atoms with Crippen molar-refractivity contribution in [3.63, 3.8) is 0 Å². The Kier molecular flexibility index (Phi) is 9.69. The lowest BCUT2D eigenvalue weighted by molar-refractivity contribution is -0.148. The molecule has 4 nitrogen and oxygen atoms in total. The average molecular weight is 499 g/mol.